The Labute approximate surface area is 100 Å². The summed E-state index contributed by atoms with van der Waals surface area (Å²) in [6.07, 6.45) is 10.9. The van der Waals surface area contributed by atoms with Crippen LogP contribution in [0.2, 0.25) is 0 Å². The molecule has 0 radical (unpaired) electrons. The van der Waals surface area contributed by atoms with Crippen LogP contribution in [0, 0.1) is 11.3 Å². The second-order valence-corrected chi connectivity index (χ2v) is 5.13. The smallest absolute Gasteiger partial charge is 0.106 e. The maximum atomic E-state index is 9.40. The zero-order valence-electron chi connectivity index (χ0n) is 10.9. The second-order valence-electron chi connectivity index (χ2n) is 5.13. The van der Waals surface area contributed by atoms with Gasteiger partial charge < -0.3 is 0 Å². The molecule has 1 N–H and O–H groups in total. The fourth-order valence-electron chi connectivity index (χ4n) is 2.76. The summed E-state index contributed by atoms with van der Waals surface area (Å²) < 4.78 is 0. The van der Waals surface area contributed by atoms with Crippen molar-refractivity contribution in [3.63, 3.8) is 0 Å². The topological polar surface area (TPSA) is 35.8 Å². The lowest BCUT2D eigenvalue weighted by molar-refractivity contribution is 0.303. The molecule has 92 valence electrons. The monoisotopic (exact) mass is 222 g/mol. The average molecular weight is 222 g/mol. The van der Waals surface area contributed by atoms with Crippen molar-refractivity contribution in [2.45, 2.75) is 83.2 Å². The minimum absolute atomic E-state index is 0.260. The van der Waals surface area contributed by atoms with E-state index in [0.29, 0.717) is 6.04 Å². The minimum atomic E-state index is -0.260. The average Bonchev–Trinajstić information content (AvgIpc) is 2.57. The summed E-state index contributed by atoms with van der Waals surface area (Å²) in [5, 5.41) is 13.0. The van der Waals surface area contributed by atoms with Crippen LogP contribution in [0.5, 0.6) is 0 Å². The SMILES string of the molecule is CCCC(C#N)(CC)NC1CCCCCC1. The van der Waals surface area contributed by atoms with Crippen molar-refractivity contribution < 1.29 is 0 Å². The number of hydrogen-bond acceptors (Lipinski definition) is 2. The van der Waals surface area contributed by atoms with Gasteiger partial charge in [0, 0.05) is 6.04 Å². The van der Waals surface area contributed by atoms with Crippen LogP contribution >= 0.6 is 0 Å². The van der Waals surface area contributed by atoms with Crippen LogP contribution in [0.3, 0.4) is 0 Å². The molecule has 1 aliphatic rings. The van der Waals surface area contributed by atoms with Crippen molar-refractivity contribution >= 4 is 0 Å². The molecular weight excluding hydrogens is 196 g/mol. The number of nitriles is 1. The van der Waals surface area contributed by atoms with Gasteiger partial charge in [0.1, 0.15) is 5.54 Å². The third-order valence-electron chi connectivity index (χ3n) is 3.83. The first-order chi connectivity index (χ1) is 7.76. The largest absolute Gasteiger partial charge is 0.297 e. The third-order valence-corrected chi connectivity index (χ3v) is 3.83. The molecule has 0 aromatic heterocycles. The van der Waals surface area contributed by atoms with Crippen molar-refractivity contribution in [3.05, 3.63) is 0 Å². The predicted octanol–water partition coefficient (Wildman–Crippen LogP) is 3.77. The molecule has 0 aromatic rings. The van der Waals surface area contributed by atoms with Gasteiger partial charge in [0.05, 0.1) is 6.07 Å². The van der Waals surface area contributed by atoms with Crippen LogP contribution in [-0.2, 0) is 0 Å². The molecule has 0 saturated heterocycles. The number of rotatable bonds is 5. The summed E-state index contributed by atoms with van der Waals surface area (Å²) in [4.78, 5) is 0. The number of nitrogens with zero attached hydrogens (tertiary/aromatic N) is 1. The van der Waals surface area contributed by atoms with Crippen LogP contribution in [0.4, 0.5) is 0 Å². The van der Waals surface area contributed by atoms with E-state index in [1.54, 1.807) is 0 Å². The lowest BCUT2D eigenvalue weighted by atomic mass is 9.90. The predicted molar refractivity (Wildman–Crippen MR) is 68.2 cm³/mol. The molecule has 0 aromatic carbocycles. The third kappa shape index (κ3) is 3.79. The van der Waals surface area contributed by atoms with E-state index in [1.165, 1.54) is 38.5 Å². The Morgan fingerprint density at radius 3 is 2.25 bits per heavy atom. The molecule has 2 nitrogen and oxygen atoms in total. The molecular formula is C14H26N2. The molecule has 0 heterocycles. The molecule has 1 rings (SSSR count). The van der Waals surface area contributed by atoms with Crippen molar-refractivity contribution in [1.82, 2.24) is 5.32 Å². The molecule has 1 saturated carbocycles. The van der Waals surface area contributed by atoms with Gasteiger partial charge in [-0.25, -0.2) is 0 Å². The van der Waals surface area contributed by atoms with E-state index in [2.05, 4.69) is 25.2 Å². The highest BCUT2D eigenvalue weighted by atomic mass is 15.0. The van der Waals surface area contributed by atoms with Gasteiger partial charge in [0.15, 0.2) is 0 Å². The maximum absolute atomic E-state index is 9.40. The Hall–Kier alpha value is -0.550. The first kappa shape index (κ1) is 13.5. The summed E-state index contributed by atoms with van der Waals surface area (Å²) in [6.45, 7) is 4.29. The zero-order valence-corrected chi connectivity index (χ0v) is 10.9. The Balaban J connectivity index is 2.55. The lowest BCUT2D eigenvalue weighted by Crippen LogP contribution is -2.48. The highest BCUT2D eigenvalue weighted by Crippen LogP contribution is 2.23. The minimum Gasteiger partial charge on any atom is -0.297 e. The van der Waals surface area contributed by atoms with E-state index in [0.717, 1.165) is 19.3 Å². The molecule has 16 heavy (non-hydrogen) atoms. The fourth-order valence-corrected chi connectivity index (χ4v) is 2.76. The van der Waals surface area contributed by atoms with Gasteiger partial charge in [-0.2, -0.15) is 5.26 Å². The summed E-state index contributed by atoms with van der Waals surface area (Å²) in [6, 6.07) is 3.10. The van der Waals surface area contributed by atoms with Gasteiger partial charge in [-0.3, -0.25) is 5.32 Å². The van der Waals surface area contributed by atoms with Gasteiger partial charge in [0.2, 0.25) is 0 Å². The standard InChI is InChI=1S/C14H26N2/c1-3-11-14(4-2,12-15)16-13-9-7-5-6-8-10-13/h13,16H,3-11H2,1-2H3. The van der Waals surface area contributed by atoms with Gasteiger partial charge in [-0.1, -0.05) is 46.0 Å². The van der Waals surface area contributed by atoms with E-state index >= 15 is 0 Å². The van der Waals surface area contributed by atoms with Crippen LogP contribution in [0.1, 0.15) is 71.6 Å². The first-order valence-electron chi connectivity index (χ1n) is 6.95. The first-order valence-corrected chi connectivity index (χ1v) is 6.95. The van der Waals surface area contributed by atoms with Crippen molar-refractivity contribution in [2.75, 3.05) is 0 Å². The normalized spacial score (nSPS) is 22.1. The number of hydrogen-bond donors (Lipinski definition) is 1. The van der Waals surface area contributed by atoms with E-state index in [-0.39, 0.29) is 5.54 Å². The Morgan fingerprint density at radius 1 is 1.19 bits per heavy atom. The Bertz CT molecular complexity index is 223. The summed E-state index contributed by atoms with van der Waals surface area (Å²) >= 11 is 0. The van der Waals surface area contributed by atoms with Gasteiger partial charge in [-0.05, 0) is 25.7 Å². The summed E-state index contributed by atoms with van der Waals surface area (Å²) in [5.41, 5.74) is -0.260. The summed E-state index contributed by atoms with van der Waals surface area (Å²) in [5.74, 6) is 0. The molecule has 0 amide bonds. The number of nitrogens with one attached hydrogen (secondary N) is 1. The molecule has 2 heteroatoms. The van der Waals surface area contributed by atoms with E-state index in [1.807, 2.05) is 0 Å². The van der Waals surface area contributed by atoms with E-state index in [9.17, 15) is 5.26 Å². The lowest BCUT2D eigenvalue weighted by Gasteiger charge is -2.31. The maximum Gasteiger partial charge on any atom is 0.106 e. The molecule has 1 fully saturated rings. The van der Waals surface area contributed by atoms with Crippen LogP contribution in [0.25, 0.3) is 0 Å². The van der Waals surface area contributed by atoms with Gasteiger partial charge in [-0.15, -0.1) is 0 Å². The van der Waals surface area contributed by atoms with Crippen molar-refractivity contribution in [1.29, 1.82) is 5.26 Å². The van der Waals surface area contributed by atoms with Crippen molar-refractivity contribution in [2.24, 2.45) is 0 Å². The Kier molecular flexibility index (Phi) is 5.84. The van der Waals surface area contributed by atoms with E-state index < -0.39 is 0 Å². The molecule has 1 aliphatic carbocycles. The molecule has 0 aliphatic heterocycles. The Morgan fingerprint density at radius 2 is 1.81 bits per heavy atom. The fraction of sp³-hybridized carbons (Fsp3) is 0.929. The quantitative estimate of drug-likeness (QED) is 0.719. The van der Waals surface area contributed by atoms with Crippen LogP contribution in [0.15, 0.2) is 0 Å². The zero-order chi connectivity index (χ0) is 11.9. The van der Waals surface area contributed by atoms with Crippen LogP contribution < -0.4 is 5.32 Å². The van der Waals surface area contributed by atoms with Crippen molar-refractivity contribution in [3.8, 4) is 6.07 Å². The highest BCUT2D eigenvalue weighted by Gasteiger charge is 2.29. The molecule has 1 atom stereocenters. The van der Waals surface area contributed by atoms with Crippen LogP contribution in [-0.4, -0.2) is 11.6 Å². The highest BCUT2D eigenvalue weighted by molar-refractivity contribution is 5.07. The molecule has 0 spiro atoms. The van der Waals surface area contributed by atoms with Gasteiger partial charge >= 0.3 is 0 Å². The molecule has 0 bridgehead atoms. The van der Waals surface area contributed by atoms with Gasteiger partial charge in [0.25, 0.3) is 0 Å². The van der Waals surface area contributed by atoms with E-state index in [4.69, 9.17) is 0 Å². The summed E-state index contributed by atoms with van der Waals surface area (Å²) in [7, 11) is 0. The second kappa shape index (κ2) is 6.91. The molecule has 1 unspecified atom stereocenters.